The van der Waals surface area contributed by atoms with E-state index in [0.717, 1.165) is 16.7 Å². The highest BCUT2D eigenvalue weighted by Crippen LogP contribution is 2.32. The van der Waals surface area contributed by atoms with Crippen LogP contribution >= 0.6 is 11.6 Å². The lowest BCUT2D eigenvalue weighted by molar-refractivity contribution is 0.307. The fourth-order valence-corrected chi connectivity index (χ4v) is 4.04. The molecule has 2 aromatic rings. The second kappa shape index (κ2) is 8.03. The number of allylic oxidation sites excluding steroid dienone is 5. The lowest BCUT2D eigenvalue weighted by Gasteiger charge is -2.15. The summed E-state index contributed by atoms with van der Waals surface area (Å²) in [7, 11) is -2.16. The number of benzene rings is 2. The Morgan fingerprint density at radius 2 is 1.81 bits per heavy atom. The molecular formula is C21H20ClNO3S. The van der Waals surface area contributed by atoms with E-state index in [1.807, 2.05) is 31.2 Å². The summed E-state index contributed by atoms with van der Waals surface area (Å²) in [5, 5.41) is 0.629. The third-order valence-electron chi connectivity index (χ3n) is 4.19. The molecule has 0 spiro atoms. The standard InChI is InChI=1S/C21H20ClNO3S/c1-15-6-13-21(20(14-15)16-7-9-17(22)10-8-16)23-27(24,25)19-5-3-4-18(26-2)11-12-19/h3-4,6-14,23H,5H2,1-2H3. The summed E-state index contributed by atoms with van der Waals surface area (Å²) in [4.78, 5) is 0.272. The maximum absolute atomic E-state index is 12.9. The zero-order valence-corrected chi connectivity index (χ0v) is 16.6. The van der Waals surface area contributed by atoms with Crippen molar-refractivity contribution in [2.45, 2.75) is 13.3 Å². The number of ether oxygens (including phenoxy) is 1. The van der Waals surface area contributed by atoms with Crippen molar-refractivity contribution in [3.63, 3.8) is 0 Å². The second-order valence-electron chi connectivity index (χ2n) is 6.17. The first-order valence-electron chi connectivity index (χ1n) is 8.40. The summed E-state index contributed by atoms with van der Waals surface area (Å²) in [6.07, 6.45) is 7.03. The molecule has 0 bridgehead atoms. The van der Waals surface area contributed by atoms with Crippen molar-refractivity contribution in [1.29, 1.82) is 0 Å². The van der Waals surface area contributed by atoms with Crippen LogP contribution in [0.3, 0.4) is 0 Å². The summed E-state index contributed by atoms with van der Waals surface area (Å²) < 4.78 is 33.7. The molecule has 0 aromatic heterocycles. The van der Waals surface area contributed by atoms with Crippen LogP contribution in [0, 0.1) is 6.92 Å². The van der Waals surface area contributed by atoms with Gasteiger partial charge in [0.15, 0.2) is 0 Å². The van der Waals surface area contributed by atoms with Gasteiger partial charge in [0.2, 0.25) is 0 Å². The molecule has 3 rings (SSSR count). The fourth-order valence-electron chi connectivity index (χ4n) is 2.75. The van der Waals surface area contributed by atoms with E-state index >= 15 is 0 Å². The van der Waals surface area contributed by atoms with Gasteiger partial charge in [-0.05, 0) is 55.0 Å². The van der Waals surface area contributed by atoms with E-state index in [1.54, 1.807) is 49.6 Å². The minimum absolute atomic E-state index is 0.272. The minimum atomic E-state index is -3.71. The van der Waals surface area contributed by atoms with Crippen LogP contribution in [0.1, 0.15) is 12.0 Å². The van der Waals surface area contributed by atoms with Crippen molar-refractivity contribution >= 4 is 27.3 Å². The number of halogens is 1. The first-order chi connectivity index (χ1) is 12.9. The average molecular weight is 402 g/mol. The second-order valence-corrected chi connectivity index (χ2v) is 8.35. The molecule has 0 heterocycles. The van der Waals surface area contributed by atoms with Crippen molar-refractivity contribution in [3.05, 3.63) is 88.0 Å². The van der Waals surface area contributed by atoms with Crippen molar-refractivity contribution in [1.82, 2.24) is 0 Å². The largest absolute Gasteiger partial charge is 0.497 e. The molecule has 2 aromatic carbocycles. The van der Waals surface area contributed by atoms with Gasteiger partial charge < -0.3 is 4.74 Å². The molecule has 0 unspecified atom stereocenters. The Bertz CT molecular complexity index is 1040. The zero-order valence-electron chi connectivity index (χ0n) is 15.1. The minimum Gasteiger partial charge on any atom is -0.497 e. The van der Waals surface area contributed by atoms with E-state index < -0.39 is 10.0 Å². The molecule has 0 aliphatic heterocycles. The van der Waals surface area contributed by atoms with Gasteiger partial charge in [-0.25, -0.2) is 8.42 Å². The Hall–Kier alpha value is -2.50. The van der Waals surface area contributed by atoms with Gasteiger partial charge in [-0.2, -0.15) is 0 Å². The number of methoxy groups -OCH3 is 1. The molecule has 1 aliphatic carbocycles. The zero-order chi connectivity index (χ0) is 19.4. The van der Waals surface area contributed by atoms with Crippen LogP contribution in [0.5, 0.6) is 0 Å². The Labute approximate surface area is 164 Å². The highest BCUT2D eigenvalue weighted by atomic mass is 35.5. The van der Waals surface area contributed by atoms with E-state index in [9.17, 15) is 8.42 Å². The van der Waals surface area contributed by atoms with Gasteiger partial charge in [-0.3, -0.25) is 4.72 Å². The number of rotatable bonds is 5. The Kier molecular flexibility index (Phi) is 5.73. The highest BCUT2D eigenvalue weighted by Gasteiger charge is 2.19. The van der Waals surface area contributed by atoms with E-state index in [2.05, 4.69) is 4.72 Å². The lowest BCUT2D eigenvalue weighted by atomic mass is 10.0. The van der Waals surface area contributed by atoms with Gasteiger partial charge in [0.05, 0.1) is 17.7 Å². The monoisotopic (exact) mass is 401 g/mol. The normalized spacial score (nSPS) is 14.2. The fraction of sp³-hybridized carbons (Fsp3) is 0.143. The molecule has 0 atom stereocenters. The van der Waals surface area contributed by atoms with Gasteiger partial charge in [-0.15, -0.1) is 0 Å². The molecular weight excluding hydrogens is 382 g/mol. The third kappa shape index (κ3) is 4.62. The van der Waals surface area contributed by atoms with Crippen molar-refractivity contribution < 1.29 is 13.2 Å². The first kappa shape index (κ1) is 19.3. The number of anilines is 1. The van der Waals surface area contributed by atoms with Crippen LogP contribution in [0.25, 0.3) is 11.1 Å². The average Bonchev–Trinajstić information content (AvgIpc) is 2.90. The lowest BCUT2D eigenvalue weighted by Crippen LogP contribution is -2.15. The topological polar surface area (TPSA) is 55.4 Å². The number of aryl methyl sites for hydroxylation is 1. The Balaban J connectivity index is 1.98. The van der Waals surface area contributed by atoms with Gasteiger partial charge in [0.1, 0.15) is 5.76 Å². The molecule has 0 radical (unpaired) electrons. The van der Waals surface area contributed by atoms with Crippen molar-refractivity contribution in [2.75, 3.05) is 11.8 Å². The van der Waals surface area contributed by atoms with Crippen LogP contribution < -0.4 is 4.72 Å². The summed E-state index contributed by atoms with van der Waals surface area (Å²) in [5.41, 5.74) is 3.24. The Morgan fingerprint density at radius 3 is 2.52 bits per heavy atom. The molecule has 0 saturated heterocycles. The molecule has 4 nitrogen and oxygen atoms in total. The first-order valence-corrected chi connectivity index (χ1v) is 10.3. The smallest absolute Gasteiger partial charge is 0.258 e. The molecule has 1 N–H and O–H groups in total. The van der Waals surface area contributed by atoms with Gasteiger partial charge >= 0.3 is 0 Å². The summed E-state index contributed by atoms with van der Waals surface area (Å²) >= 11 is 5.98. The number of hydrogen-bond donors (Lipinski definition) is 1. The maximum Gasteiger partial charge on any atom is 0.258 e. The third-order valence-corrected chi connectivity index (χ3v) is 5.92. The predicted octanol–water partition coefficient (Wildman–Crippen LogP) is 5.43. The molecule has 140 valence electrons. The summed E-state index contributed by atoms with van der Waals surface area (Å²) in [6, 6.07) is 12.9. The van der Waals surface area contributed by atoms with Gasteiger partial charge in [-0.1, -0.05) is 41.4 Å². The van der Waals surface area contributed by atoms with E-state index in [1.165, 1.54) is 0 Å². The Morgan fingerprint density at radius 1 is 1.07 bits per heavy atom. The quantitative estimate of drug-likeness (QED) is 0.726. The van der Waals surface area contributed by atoms with Crippen LogP contribution in [0.4, 0.5) is 5.69 Å². The molecule has 6 heteroatoms. The van der Waals surface area contributed by atoms with E-state index in [-0.39, 0.29) is 4.91 Å². The van der Waals surface area contributed by atoms with Crippen LogP contribution in [-0.2, 0) is 14.8 Å². The SMILES string of the molecule is COC1=CC=C(S(=O)(=O)Nc2ccc(C)cc2-c2ccc(Cl)cc2)CC=C1. The molecule has 27 heavy (non-hydrogen) atoms. The number of sulfonamides is 1. The number of nitrogens with one attached hydrogen (secondary N) is 1. The maximum atomic E-state index is 12.9. The molecule has 0 saturated carbocycles. The molecule has 0 fully saturated rings. The van der Waals surface area contributed by atoms with Gasteiger partial charge in [0.25, 0.3) is 10.0 Å². The van der Waals surface area contributed by atoms with Crippen LogP contribution in [0.15, 0.2) is 77.4 Å². The summed E-state index contributed by atoms with van der Waals surface area (Å²) in [5.74, 6) is 0.609. The van der Waals surface area contributed by atoms with E-state index in [4.69, 9.17) is 16.3 Å². The summed E-state index contributed by atoms with van der Waals surface area (Å²) in [6.45, 7) is 1.97. The molecule has 1 aliphatic rings. The number of hydrogen-bond acceptors (Lipinski definition) is 3. The van der Waals surface area contributed by atoms with Gasteiger partial charge in [0, 0.05) is 17.0 Å². The molecule has 0 amide bonds. The van der Waals surface area contributed by atoms with Crippen LogP contribution in [0.2, 0.25) is 5.02 Å². The van der Waals surface area contributed by atoms with Crippen molar-refractivity contribution in [3.8, 4) is 11.1 Å². The van der Waals surface area contributed by atoms with E-state index in [0.29, 0.717) is 22.9 Å². The highest BCUT2D eigenvalue weighted by molar-refractivity contribution is 7.96. The predicted molar refractivity (Wildman–Crippen MR) is 111 cm³/mol. The van der Waals surface area contributed by atoms with Crippen LogP contribution in [-0.4, -0.2) is 15.5 Å². The van der Waals surface area contributed by atoms with Crippen molar-refractivity contribution in [2.24, 2.45) is 0 Å².